The molecule has 5 nitrogen and oxygen atoms in total. The van der Waals surface area contributed by atoms with Gasteiger partial charge in [0.15, 0.2) is 0 Å². The molecule has 28 heavy (non-hydrogen) atoms. The van der Waals surface area contributed by atoms with Gasteiger partial charge in [0, 0.05) is 38.9 Å². The number of halogens is 1. The van der Waals surface area contributed by atoms with Crippen molar-refractivity contribution in [3.63, 3.8) is 0 Å². The fourth-order valence-electron chi connectivity index (χ4n) is 3.94. The zero-order valence-corrected chi connectivity index (χ0v) is 16.3. The van der Waals surface area contributed by atoms with Crippen LogP contribution in [0.5, 0.6) is 0 Å². The molecule has 148 valence electrons. The molecule has 0 atom stereocenters. The molecule has 1 aliphatic carbocycles. The number of para-hydroxylation sites is 1. The number of piperazine rings is 1. The first-order chi connectivity index (χ1) is 13.8. The average molecular weight is 381 g/mol. The third kappa shape index (κ3) is 4.61. The third-order valence-electron chi connectivity index (χ3n) is 5.54. The van der Waals surface area contributed by atoms with Crippen molar-refractivity contribution in [2.75, 3.05) is 47.8 Å². The van der Waals surface area contributed by atoms with Gasteiger partial charge in [0.2, 0.25) is 5.95 Å². The van der Waals surface area contributed by atoms with Crippen LogP contribution in [-0.2, 0) is 0 Å². The average Bonchev–Trinajstić information content (AvgIpc) is 2.75. The van der Waals surface area contributed by atoms with E-state index < -0.39 is 0 Å². The Morgan fingerprint density at radius 2 is 1.82 bits per heavy atom. The van der Waals surface area contributed by atoms with Crippen LogP contribution in [-0.4, -0.2) is 42.7 Å². The first-order valence-corrected chi connectivity index (χ1v) is 10.3. The molecule has 6 heteroatoms. The molecule has 1 aliphatic heterocycles. The highest BCUT2D eigenvalue weighted by Gasteiger charge is 2.21. The van der Waals surface area contributed by atoms with Crippen LogP contribution in [0.2, 0.25) is 0 Å². The summed E-state index contributed by atoms with van der Waals surface area (Å²) in [6.45, 7) is 3.99. The van der Waals surface area contributed by atoms with Gasteiger partial charge in [0.05, 0.1) is 5.69 Å². The summed E-state index contributed by atoms with van der Waals surface area (Å²) < 4.78 is 14.0. The minimum Gasteiger partial charge on any atom is -0.370 e. The van der Waals surface area contributed by atoms with E-state index >= 15 is 0 Å². The van der Waals surface area contributed by atoms with E-state index in [1.165, 1.54) is 31.7 Å². The minimum atomic E-state index is -0.161. The molecule has 1 fully saturated rings. The van der Waals surface area contributed by atoms with Gasteiger partial charge in [0.25, 0.3) is 0 Å². The van der Waals surface area contributed by atoms with Gasteiger partial charge in [-0.05, 0) is 50.3 Å². The molecule has 0 spiro atoms. The van der Waals surface area contributed by atoms with E-state index in [4.69, 9.17) is 0 Å². The van der Waals surface area contributed by atoms with Gasteiger partial charge in [-0.2, -0.15) is 4.98 Å². The van der Waals surface area contributed by atoms with Crippen molar-refractivity contribution in [3.05, 3.63) is 54.0 Å². The Bertz CT molecular complexity index is 814. The Morgan fingerprint density at radius 1 is 1.00 bits per heavy atom. The van der Waals surface area contributed by atoms with Crippen LogP contribution >= 0.6 is 0 Å². The Morgan fingerprint density at radius 3 is 2.61 bits per heavy atom. The molecule has 0 amide bonds. The van der Waals surface area contributed by atoms with Gasteiger partial charge in [-0.3, -0.25) is 0 Å². The monoisotopic (exact) mass is 381 g/mol. The van der Waals surface area contributed by atoms with Crippen LogP contribution in [0.25, 0.3) is 0 Å². The molecule has 0 radical (unpaired) electrons. The number of allylic oxidation sites excluding steroid dienone is 1. The highest BCUT2D eigenvalue weighted by atomic mass is 19.1. The van der Waals surface area contributed by atoms with Crippen LogP contribution in [0.3, 0.4) is 0 Å². The summed E-state index contributed by atoms with van der Waals surface area (Å²) in [5.41, 5.74) is 2.24. The van der Waals surface area contributed by atoms with Gasteiger partial charge in [-0.1, -0.05) is 23.8 Å². The Kier molecular flexibility index (Phi) is 6.04. The molecule has 1 N–H and O–H groups in total. The van der Waals surface area contributed by atoms with Crippen LogP contribution in [0.15, 0.2) is 48.2 Å². The largest absolute Gasteiger partial charge is 0.370 e. The molecule has 2 aromatic rings. The highest BCUT2D eigenvalue weighted by molar-refractivity contribution is 5.50. The van der Waals surface area contributed by atoms with Crippen molar-refractivity contribution in [2.24, 2.45) is 0 Å². The predicted molar refractivity (Wildman–Crippen MR) is 113 cm³/mol. The number of anilines is 3. The Hall–Kier alpha value is -2.63. The number of nitrogens with one attached hydrogen (secondary N) is 1. The Balaban J connectivity index is 1.31. The standard InChI is InChI=1S/C22H28FN5/c23-19-8-4-5-9-20(19)27-14-16-28(17-15-27)22-25-13-11-21(26-22)24-12-10-18-6-2-1-3-7-18/h4-6,8-9,11,13H,1-3,7,10,12,14-17H2,(H,24,25,26). The first kappa shape index (κ1) is 18.7. The van der Waals surface area contributed by atoms with E-state index in [9.17, 15) is 4.39 Å². The molecule has 4 rings (SSSR count). The summed E-state index contributed by atoms with van der Waals surface area (Å²) in [4.78, 5) is 13.4. The lowest BCUT2D eigenvalue weighted by molar-refractivity contribution is 0.594. The van der Waals surface area contributed by atoms with E-state index in [1.807, 2.05) is 24.4 Å². The van der Waals surface area contributed by atoms with Crippen molar-refractivity contribution in [1.29, 1.82) is 0 Å². The van der Waals surface area contributed by atoms with Crippen LogP contribution in [0.4, 0.5) is 21.8 Å². The summed E-state index contributed by atoms with van der Waals surface area (Å²) in [6, 6.07) is 8.89. The zero-order chi connectivity index (χ0) is 19.2. The molecule has 1 aromatic carbocycles. The maximum absolute atomic E-state index is 14.0. The molecule has 0 saturated carbocycles. The summed E-state index contributed by atoms with van der Waals surface area (Å²) in [5, 5.41) is 3.43. The second-order valence-corrected chi connectivity index (χ2v) is 7.45. The fourth-order valence-corrected chi connectivity index (χ4v) is 3.94. The first-order valence-electron chi connectivity index (χ1n) is 10.3. The number of aromatic nitrogens is 2. The number of benzene rings is 1. The second-order valence-electron chi connectivity index (χ2n) is 7.45. The highest BCUT2D eigenvalue weighted by Crippen LogP contribution is 2.22. The second kappa shape index (κ2) is 9.04. The SMILES string of the molecule is Fc1ccccc1N1CCN(c2nccc(NCCC3=CCCCC3)n2)CC1. The molecule has 1 aromatic heterocycles. The van der Waals surface area contributed by atoms with E-state index in [1.54, 1.807) is 11.6 Å². The zero-order valence-electron chi connectivity index (χ0n) is 16.3. The molecule has 2 heterocycles. The minimum absolute atomic E-state index is 0.161. The topological polar surface area (TPSA) is 44.3 Å². The number of hydrogen-bond acceptors (Lipinski definition) is 5. The summed E-state index contributed by atoms with van der Waals surface area (Å²) in [5.74, 6) is 1.46. The van der Waals surface area contributed by atoms with Crippen LogP contribution in [0, 0.1) is 5.82 Å². The smallest absolute Gasteiger partial charge is 0.227 e. The molecule has 1 saturated heterocycles. The van der Waals surface area contributed by atoms with Crippen molar-refractivity contribution in [1.82, 2.24) is 9.97 Å². The quantitative estimate of drug-likeness (QED) is 0.758. The fraction of sp³-hybridized carbons (Fsp3) is 0.455. The summed E-state index contributed by atoms with van der Waals surface area (Å²) >= 11 is 0. The van der Waals surface area contributed by atoms with Gasteiger partial charge in [-0.25, -0.2) is 9.37 Å². The lowest BCUT2D eigenvalue weighted by Gasteiger charge is -2.36. The Labute approximate surface area is 166 Å². The predicted octanol–water partition coefficient (Wildman–Crippen LogP) is 4.24. The van der Waals surface area contributed by atoms with Gasteiger partial charge in [0.1, 0.15) is 11.6 Å². The van der Waals surface area contributed by atoms with E-state index in [0.717, 1.165) is 50.9 Å². The lowest BCUT2D eigenvalue weighted by atomic mass is 9.97. The molecule has 0 bridgehead atoms. The normalized spacial score (nSPS) is 17.4. The van der Waals surface area contributed by atoms with Crippen molar-refractivity contribution in [3.8, 4) is 0 Å². The van der Waals surface area contributed by atoms with E-state index in [-0.39, 0.29) is 5.82 Å². The van der Waals surface area contributed by atoms with Gasteiger partial charge >= 0.3 is 0 Å². The number of nitrogens with zero attached hydrogens (tertiary/aromatic N) is 4. The lowest BCUT2D eigenvalue weighted by Crippen LogP contribution is -2.47. The molecule has 0 unspecified atom stereocenters. The van der Waals surface area contributed by atoms with Crippen LogP contribution < -0.4 is 15.1 Å². The van der Waals surface area contributed by atoms with Gasteiger partial charge in [-0.15, -0.1) is 0 Å². The van der Waals surface area contributed by atoms with Gasteiger partial charge < -0.3 is 15.1 Å². The van der Waals surface area contributed by atoms with Crippen molar-refractivity contribution < 1.29 is 4.39 Å². The van der Waals surface area contributed by atoms with Crippen LogP contribution in [0.1, 0.15) is 32.1 Å². The summed E-state index contributed by atoms with van der Waals surface area (Å²) in [6.07, 6.45) is 10.4. The van der Waals surface area contributed by atoms with Crippen molar-refractivity contribution >= 4 is 17.5 Å². The van der Waals surface area contributed by atoms with Crippen molar-refractivity contribution in [2.45, 2.75) is 32.1 Å². The maximum Gasteiger partial charge on any atom is 0.227 e. The number of hydrogen-bond donors (Lipinski definition) is 1. The molecular formula is C22H28FN5. The molecule has 2 aliphatic rings. The summed E-state index contributed by atoms with van der Waals surface area (Å²) in [7, 11) is 0. The maximum atomic E-state index is 14.0. The molecular weight excluding hydrogens is 353 g/mol. The third-order valence-corrected chi connectivity index (χ3v) is 5.54. The van der Waals surface area contributed by atoms with E-state index in [0.29, 0.717) is 5.69 Å². The van der Waals surface area contributed by atoms with E-state index in [2.05, 4.69) is 31.2 Å². The number of rotatable bonds is 6.